The minimum absolute atomic E-state index is 0.0186. The van der Waals surface area contributed by atoms with Gasteiger partial charge in [0.25, 0.3) is 0 Å². The molecule has 3 aromatic rings. The van der Waals surface area contributed by atoms with E-state index >= 15 is 0 Å². The minimum Gasteiger partial charge on any atom is -0.240 e. The van der Waals surface area contributed by atoms with E-state index in [1.54, 1.807) is 12.1 Å². The zero-order valence-electron chi connectivity index (χ0n) is 17.4. The Morgan fingerprint density at radius 2 is 1.71 bits per heavy atom. The lowest BCUT2D eigenvalue weighted by Crippen LogP contribution is -2.38. The van der Waals surface area contributed by atoms with Crippen molar-refractivity contribution in [2.24, 2.45) is 5.41 Å². The average molecular weight is 442 g/mol. The molecular weight excluding hydrogens is 420 g/mol. The maximum Gasteiger partial charge on any atom is 0.192 e. The van der Waals surface area contributed by atoms with Gasteiger partial charge in [-0.25, -0.2) is 22.2 Å². The second-order valence-corrected chi connectivity index (χ2v) is 10.9. The van der Waals surface area contributed by atoms with Gasteiger partial charge in [0.05, 0.1) is 28.1 Å². The van der Waals surface area contributed by atoms with Crippen LogP contribution >= 0.6 is 0 Å². The Bertz CT molecular complexity index is 1320. The first kappa shape index (κ1) is 20.2. The number of sulfone groups is 1. The molecule has 1 aromatic carbocycles. The van der Waals surface area contributed by atoms with Crippen LogP contribution in [0.1, 0.15) is 49.6 Å². The topological polar surface area (TPSA) is 72.8 Å². The predicted octanol–water partition coefficient (Wildman–Crippen LogP) is 4.42. The summed E-state index contributed by atoms with van der Waals surface area (Å²) in [5.41, 5.74) is 1.28. The van der Waals surface area contributed by atoms with Crippen molar-refractivity contribution in [3.8, 4) is 11.3 Å². The smallest absolute Gasteiger partial charge is 0.192 e. The summed E-state index contributed by atoms with van der Waals surface area (Å²) in [5.74, 6) is -1.28. The quantitative estimate of drug-likeness (QED) is 0.602. The lowest BCUT2D eigenvalue weighted by molar-refractivity contribution is 0.242. The molecule has 0 spiro atoms. The molecule has 2 aliphatic carbocycles. The monoisotopic (exact) mass is 441 g/mol. The van der Waals surface area contributed by atoms with Gasteiger partial charge in [0.1, 0.15) is 11.6 Å². The summed E-state index contributed by atoms with van der Waals surface area (Å²) in [6, 6.07) is 10.5. The first-order valence-electron chi connectivity index (χ1n) is 10.1. The Kier molecular flexibility index (Phi) is 4.16. The highest BCUT2D eigenvalue weighted by Crippen LogP contribution is 2.69. The van der Waals surface area contributed by atoms with Gasteiger partial charge in [-0.3, -0.25) is 0 Å². The number of aromatic nitrogens is 3. The van der Waals surface area contributed by atoms with E-state index in [1.165, 1.54) is 24.3 Å². The lowest BCUT2D eigenvalue weighted by atomic mass is 9.66. The highest BCUT2D eigenvalue weighted by atomic mass is 32.2. The molecule has 2 heterocycles. The first-order valence-corrected chi connectivity index (χ1v) is 12.0. The van der Waals surface area contributed by atoms with Crippen molar-refractivity contribution >= 4 is 9.84 Å². The molecule has 2 aliphatic rings. The van der Waals surface area contributed by atoms with E-state index in [-0.39, 0.29) is 27.6 Å². The normalized spacial score (nSPS) is 23.7. The van der Waals surface area contributed by atoms with Crippen LogP contribution in [-0.4, -0.2) is 29.9 Å². The van der Waals surface area contributed by atoms with Gasteiger partial charge in [0, 0.05) is 6.26 Å². The molecular formula is C23H21F2N3O2S. The van der Waals surface area contributed by atoms with Crippen LogP contribution in [0, 0.1) is 17.0 Å². The van der Waals surface area contributed by atoms with Gasteiger partial charge in [0.15, 0.2) is 14.9 Å². The number of fused-ring (bicyclic) bond motifs is 5. The van der Waals surface area contributed by atoms with Crippen LogP contribution in [0.25, 0.3) is 11.3 Å². The van der Waals surface area contributed by atoms with Gasteiger partial charge in [-0.15, -0.1) is 5.10 Å². The van der Waals surface area contributed by atoms with Crippen LogP contribution in [0.15, 0.2) is 47.5 Å². The second-order valence-electron chi connectivity index (χ2n) is 8.98. The molecule has 8 heteroatoms. The standard InChI is InChI=1S/C23H21F2N3O2S/c1-22(2)14-10-11-23(22,18-8-5-9-19(26-18)31(3,29)30)21-13(14)12-17(27-28-21)20-15(24)6-4-7-16(20)25/h4-9,12,14H,10-11H2,1-3H3/t14-,23-/m0/s1. The summed E-state index contributed by atoms with van der Waals surface area (Å²) >= 11 is 0. The highest BCUT2D eigenvalue weighted by molar-refractivity contribution is 7.90. The molecule has 5 nitrogen and oxygen atoms in total. The van der Waals surface area contributed by atoms with Crippen LogP contribution in [0.5, 0.6) is 0 Å². The van der Waals surface area contributed by atoms with Crippen molar-refractivity contribution in [3.63, 3.8) is 0 Å². The van der Waals surface area contributed by atoms with Crippen molar-refractivity contribution in [2.75, 3.05) is 6.26 Å². The van der Waals surface area contributed by atoms with Gasteiger partial charge in [-0.2, -0.15) is 5.10 Å². The van der Waals surface area contributed by atoms with E-state index < -0.39 is 26.9 Å². The van der Waals surface area contributed by atoms with E-state index in [4.69, 9.17) is 0 Å². The molecule has 0 saturated heterocycles. The van der Waals surface area contributed by atoms with Crippen molar-refractivity contribution in [3.05, 3.63) is 71.1 Å². The third kappa shape index (κ3) is 2.63. The van der Waals surface area contributed by atoms with Crippen LogP contribution in [0.4, 0.5) is 8.78 Å². The Labute approximate surface area is 179 Å². The van der Waals surface area contributed by atoms with Crippen molar-refractivity contribution in [1.82, 2.24) is 15.2 Å². The number of hydrogen-bond donors (Lipinski definition) is 0. The van der Waals surface area contributed by atoms with Crippen molar-refractivity contribution < 1.29 is 17.2 Å². The van der Waals surface area contributed by atoms with Crippen LogP contribution in [0.3, 0.4) is 0 Å². The molecule has 2 bridgehead atoms. The van der Waals surface area contributed by atoms with E-state index in [0.29, 0.717) is 11.4 Å². The average Bonchev–Trinajstić information content (AvgIpc) is 3.09. The van der Waals surface area contributed by atoms with E-state index in [9.17, 15) is 17.2 Å². The lowest BCUT2D eigenvalue weighted by Gasteiger charge is -2.37. The number of halogens is 2. The van der Waals surface area contributed by atoms with Crippen LogP contribution in [-0.2, 0) is 15.3 Å². The van der Waals surface area contributed by atoms with Crippen LogP contribution in [0.2, 0.25) is 0 Å². The Hall–Kier alpha value is -2.74. The van der Waals surface area contributed by atoms with Gasteiger partial charge in [0.2, 0.25) is 0 Å². The predicted molar refractivity (Wildman–Crippen MR) is 111 cm³/mol. The number of nitrogens with zero attached hydrogens (tertiary/aromatic N) is 3. The molecule has 160 valence electrons. The molecule has 5 rings (SSSR count). The highest BCUT2D eigenvalue weighted by Gasteiger charge is 2.65. The maximum absolute atomic E-state index is 14.3. The number of rotatable bonds is 3. The number of pyridine rings is 1. The molecule has 2 atom stereocenters. The Morgan fingerprint density at radius 1 is 1.03 bits per heavy atom. The fraction of sp³-hybridized carbons (Fsp3) is 0.348. The molecule has 2 aromatic heterocycles. The fourth-order valence-corrected chi connectivity index (χ4v) is 6.21. The van der Waals surface area contributed by atoms with E-state index in [1.807, 2.05) is 6.07 Å². The third-order valence-corrected chi connectivity index (χ3v) is 8.13. The SMILES string of the molecule is CC1(C)[C@H]2CC[C@]1(c1cccc(S(C)(=O)=O)n1)c1nnc(-c3c(F)cccc3F)cc12. The molecule has 1 fully saturated rings. The molecule has 0 N–H and O–H groups in total. The summed E-state index contributed by atoms with van der Waals surface area (Å²) < 4.78 is 52.9. The Morgan fingerprint density at radius 3 is 2.39 bits per heavy atom. The van der Waals surface area contributed by atoms with Gasteiger partial charge in [-0.05, 0) is 60.1 Å². The summed E-state index contributed by atoms with van der Waals surface area (Å²) in [6.07, 6.45) is 2.73. The number of hydrogen-bond acceptors (Lipinski definition) is 5. The summed E-state index contributed by atoms with van der Waals surface area (Å²) in [4.78, 5) is 4.52. The molecule has 0 amide bonds. The summed E-state index contributed by atoms with van der Waals surface area (Å²) in [7, 11) is -3.47. The largest absolute Gasteiger partial charge is 0.240 e. The minimum atomic E-state index is -3.47. The summed E-state index contributed by atoms with van der Waals surface area (Å²) in [6.45, 7) is 4.23. The number of benzene rings is 1. The molecule has 0 radical (unpaired) electrons. The van der Waals surface area contributed by atoms with E-state index in [2.05, 4.69) is 29.0 Å². The van der Waals surface area contributed by atoms with Gasteiger partial charge >= 0.3 is 0 Å². The van der Waals surface area contributed by atoms with Gasteiger partial charge < -0.3 is 0 Å². The molecule has 0 unspecified atom stereocenters. The zero-order valence-corrected chi connectivity index (χ0v) is 18.2. The van der Waals surface area contributed by atoms with Crippen molar-refractivity contribution in [2.45, 2.75) is 43.0 Å². The van der Waals surface area contributed by atoms with Crippen molar-refractivity contribution in [1.29, 1.82) is 0 Å². The van der Waals surface area contributed by atoms with Crippen LogP contribution < -0.4 is 0 Å². The molecule has 1 saturated carbocycles. The third-order valence-electron chi connectivity index (χ3n) is 7.14. The zero-order chi connectivity index (χ0) is 22.2. The van der Waals surface area contributed by atoms with E-state index in [0.717, 1.165) is 24.7 Å². The fourth-order valence-electron chi connectivity index (χ4n) is 5.62. The first-order chi connectivity index (χ1) is 14.6. The van der Waals surface area contributed by atoms with Gasteiger partial charge in [-0.1, -0.05) is 26.0 Å². The second kappa shape index (κ2) is 6.38. The molecule has 31 heavy (non-hydrogen) atoms. The maximum atomic E-state index is 14.3. The Balaban J connectivity index is 1.73. The molecule has 0 aliphatic heterocycles. The summed E-state index contributed by atoms with van der Waals surface area (Å²) in [5, 5.41) is 8.67.